The molecule has 3 rings (SSSR count). The molecule has 0 bridgehead atoms. The van der Waals surface area contributed by atoms with Crippen LogP contribution in [-0.4, -0.2) is 52.5 Å². The lowest BCUT2D eigenvalue weighted by atomic mass is 10.1. The predicted molar refractivity (Wildman–Crippen MR) is 105 cm³/mol. The lowest BCUT2D eigenvalue weighted by molar-refractivity contribution is -0.890. The minimum atomic E-state index is -0.375. The molecule has 1 atom stereocenters. The molecule has 0 unspecified atom stereocenters. The standard InChI is InChI=1S/C19H21FN6OS/c1-25(2)17(14-7-4-3-5-8-14)12-21-18(27)13-28-19-22-23-24-26(19)16-10-6-9-15(20)11-16/h3-11,17H,12-13H2,1-2H3,(H,21,27)/p+1/t17-/m1/s1. The predicted octanol–water partition coefficient (Wildman–Crippen LogP) is 0.896. The van der Waals surface area contributed by atoms with Crippen molar-refractivity contribution in [2.24, 2.45) is 0 Å². The van der Waals surface area contributed by atoms with E-state index in [0.717, 1.165) is 0 Å². The van der Waals surface area contributed by atoms with Gasteiger partial charge >= 0.3 is 0 Å². The second-order valence-electron chi connectivity index (χ2n) is 6.49. The van der Waals surface area contributed by atoms with Crippen LogP contribution in [0.15, 0.2) is 59.8 Å². The van der Waals surface area contributed by atoms with E-state index in [1.807, 2.05) is 18.2 Å². The summed E-state index contributed by atoms with van der Waals surface area (Å²) >= 11 is 1.20. The molecule has 1 aromatic heterocycles. The van der Waals surface area contributed by atoms with E-state index in [9.17, 15) is 9.18 Å². The summed E-state index contributed by atoms with van der Waals surface area (Å²) < 4.78 is 14.8. The highest BCUT2D eigenvalue weighted by Crippen LogP contribution is 2.18. The van der Waals surface area contributed by atoms with Crippen LogP contribution in [0.5, 0.6) is 0 Å². The lowest BCUT2D eigenvalue weighted by Gasteiger charge is -2.22. The van der Waals surface area contributed by atoms with Gasteiger partial charge in [-0.2, -0.15) is 4.68 Å². The molecular weight excluding hydrogens is 379 g/mol. The molecular formula is C19H22FN6OS+. The second-order valence-corrected chi connectivity index (χ2v) is 7.43. The Hall–Kier alpha value is -2.78. The van der Waals surface area contributed by atoms with Crippen molar-refractivity contribution in [2.45, 2.75) is 11.2 Å². The fourth-order valence-electron chi connectivity index (χ4n) is 2.78. The van der Waals surface area contributed by atoms with Crippen LogP contribution in [0.2, 0.25) is 0 Å². The molecule has 0 aliphatic heterocycles. The summed E-state index contributed by atoms with van der Waals surface area (Å²) in [6.45, 7) is 0.528. The summed E-state index contributed by atoms with van der Waals surface area (Å²) in [7, 11) is 4.12. The number of quaternary nitrogens is 1. The normalized spacial score (nSPS) is 12.1. The fraction of sp³-hybridized carbons (Fsp3) is 0.263. The number of halogens is 1. The van der Waals surface area contributed by atoms with Gasteiger partial charge in [-0.25, -0.2) is 4.39 Å². The maximum atomic E-state index is 13.4. The number of benzene rings is 2. The van der Waals surface area contributed by atoms with E-state index in [0.29, 0.717) is 17.4 Å². The van der Waals surface area contributed by atoms with Crippen LogP contribution in [0.3, 0.4) is 0 Å². The van der Waals surface area contributed by atoms with Crippen molar-refractivity contribution in [2.75, 3.05) is 26.4 Å². The number of hydrogen-bond donors (Lipinski definition) is 2. The number of hydrogen-bond acceptors (Lipinski definition) is 5. The number of nitrogens with one attached hydrogen (secondary N) is 2. The monoisotopic (exact) mass is 401 g/mol. The van der Waals surface area contributed by atoms with Gasteiger partial charge in [0.25, 0.3) is 0 Å². The number of carbonyl (C=O) groups is 1. The summed E-state index contributed by atoms with van der Waals surface area (Å²) in [5.74, 6) is -0.319. The lowest BCUT2D eigenvalue weighted by Crippen LogP contribution is -3.07. The van der Waals surface area contributed by atoms with Gasteiger partial charge in [-0.1, -0.05) is 48.2 Å². The first-order chi connectivity index (χ1) is 13.5. The third-order valence-corrected chi connectivity index (χ3v) is 5.15. The number of carbonyl (C=O) groups excluding carboxylic acids is 1. The van der Waals surface area contributed by atoms with E-state index in [1.165, 1.54) is 39.0 Å². The third-order valence-electron chi connectivity index (χ3n) is 4.23. The first-order valence-corrected chi connectivity index (χ1v) is 9.82. The molecule has 0 radical (unpaired) electrons. The van der Waals surface area contributed by atoms with Crippen LogP contribution in [0, 0.1) is 5.82 Å². The van der Waals surface area contributed by atoms with Crippen molar-refractivity contribution >= 4 is 17.7 Å². The highest BCUT2D eigenvalue weighted by Gasteiger charge is 2.19. The minimum Gasteiger partial charge on any atom is -0.349 e. The number of tetrazole rings is 1. The Morgan fingerprint density at radius 1 is 1.21 bits per heavy atom. The topological polar surface area (TPSA) is 77.1 Å². The van der Waals surface area contributed by atoms with Crippen LogP contribution in [0.4, 0.5) is 4.39 Å². The average Bonchev–Trinajstić information content (AvgIpc) is 3.16. The number of rotatable bonds is 8. The molecule has 0 saturated carbocycles. The van der Waals surface area contributed by atoms with Gasteiger partial charge in [0.15, 0.2) is 0 Å². The molecule has 2 aromatic carbocycles. The van der Waals surface area contributed by atoms with Crippen molar-refractivity contribution in [3.8, 4) is 5.69 Å². The van der Waals surface area contributed by atoms with Gasteiger partial charge in [0.1, 0.15) is 11.9 Å². The van der Waals surface area contributed by atoms with Crippen molar-refractivity contribution in [1.29, 1.82) is 0 Å². The maximum absolute atomic E-state index is 13.4. The van der Waals surface area contributed by atoms with Crippen LogP contribution < -0.4 is 10.2 Å². The highest BCUT2D eigenvalue weighted by atomic mass is 32.2. The summed E-state index contributed by atoms with van der Waals surface area (Å²) in [6.07, 6.45) is 0. The zero-order valence-electron chi connectivity index (χ0n) is 15.7. The van der Waals surface area contributed by atoms with Crippen molar-refractivity contribution in [3.63, 3.8) is 0 Å². The Balaban J connectivity index is 1.57. The highest BCUT2D eigenvalue weighted by molar-refractivity contribution is 7.99. The van der Waals surface area contributed by atoms with E-state index in [4.69, 9.17) is 0 Å². The molecule has 28 heavy (non-hydrogen) atoms. The number of thioether (sulfide) groups is 1. The summed E-state index contributed by atoms with van der Waals surface area (Å²) in [6, 6.07) is 16.2. The molecule has 1 amide bonds. The zero-order chi connectivity index (χ0) is 19.9. The number of nitrogens with zero attached hydrogens (tertiary/aromatic N) is 4. The van der Waals surface area contributed by atoms with Gasteiger partial charge in [-0.3, -0.25) is 4.79 Å². The Bertz CT molecular complexity index is 918. The van der Waals surface area contributed by atoms with E-state index in [-0.39, 0.29) is 23.5 Å². The molecule has 0 fully saturated rings. The number of likely N-dealkylation sites (N-methyl/N-ethyl adjacent to an activating group) is 1. The molecule has 0 aliphatic carbocycles. The van der Waals surface area contributed by atoms with Crippen LogP contribution in [-0.2, 0) is 4.79 Å². The molecule has 0 spiro atoms. The summed E-state index contributed by atoms with van der Waals surface area (Å²) in [5.41, 5.74) is 1.68. The van der Waals surface area contributed by atoms with Gasteiger partial charge in [0.05, 0.1) is 32.1 Å². The SMILES string of the molecule is C[NH+](C)[C@H](CNC(=O)CSc1nnnn1-c1cccc(F)c1)c1ccccc1. The zero-order valence-corrected chi connectivity index (χ0v) is 16.5. The second kappa shape index (κ2) is 9.43. The Morgan fingerprint density at radius 3 is 2.71 bits per heavy atom. The van der Waals surface area contributed by atoms with Gasteiger partial charge in [0, 0.05) is 5.56 Å². The van der Waals surface area contributed by atoms with Gasteiger partial charge in [-0.05, 0) is 28.6 Å². The molecule has 9 heteroatoms. The third kappa shape index (κ3) is 5.14. The van der Waals surface area contributed by atoms with Gasteiger partial charge < -0.3 is 10.2 Å². The fourth-order valence-corrected chi connectivity index (χ4v) is 3.50. The first kappa shape index (κ1) is 20.0. The number of amides is 1. The van der Waals surface area contributed by atoms with Crippen molar-refractivity contribution in [3.05, 3.63) is 66.0 Å². The first-order valence-electron chi connectivity index (χ1n) is 8.83. The van der Waals surface area contributed by atoms with E-state index < -0.39 is 0 Å². The van der Waals surface area contributed by atoms with Crippen molar-refractivity contribution < 1.29 is 14.1 Å². The van der Waals surface area contributed by atoms with Gasteiger partial charge in [-0.15, -0.1) is 5.10 Å². The van der Waals surface area contributed by atoms with Gasteiger partial charge in [0.2, 0.25) is 11.1 Å². The minimum absolute atomic E-state index is 0.110. The number of aromatic nitrogens is 4. The quantitative estimate of drug-likeness (QED) is 0.549. The van der Waals surface area contributed by atoms with Crippen molar-refractivity contribution in [1.82, 2.24) is 25.5 Å². The Labute approximate surface area is 166 Å². The van der Waals surface area contributed by atoms with E-state index in [2.05, 4.69) is 47.1 Å². The Kier molecular flexibility index (Phi) is 6.72. The molecule has 3 aromatic rings. The average molecular weight is 401 g/mol. The van der Waals surface area contributed by atoms with E-state index in [1.54, 1.807) is 12.1 Å². The smallest absolute Gasteiger partial charge is 0.230 e. The molecule has 2 N–H and O–H groups in total. The van der Waals surface area contributed by atoms with Crippen LogP contribution >= 0.6 is 11.8 Å². The summed E-state index contributed by atoms with van der Waals surface area (Å²) in [5, 5.41) is 14.8. The molecule has 7 nitrogen and oxygen atoms in total. The Morgan fingerprint density at radius 2 is 2.00 bits per heavy atom. The summed E-state index contributed by atoms with van der Waals surface area (Å²) in [4.78, 5) is 13.6. The largest absolute Gasteiger partial charge is 0.349 e. The molecule has 1 heterocycles. The molecule has 0 aliphatic rings. The van der Waals surface area contributed by atoms with Crippen LogP contribution in [0.25, 0.3) is 5.69 Å². The maximum Gasteiger partial charge on any atom is 0.230 e. The van der Waals surface area contributed by atoms with E-state index >= 15 is 0 Å². The molecule has 146 valence electrons. The molecule has 0 saturated heterocycles. The van der Waals surface area contributed by atoms with Crippen LogP contribution in [0.1, 0.15) is 11.6 Å².